The molecule has 1 aromatic heterocycles. The first-order valence-electron chi connectivity index (χ1n) is 4.55. The number of ether oxygens (including phenoxy) is 1. The lowest BCUT2D eigenvalue weighted by molar-refractivity contribution is 0.0600. The van der Waals surface area contributed by atoms with Crippen LogP contribution in [0.2, 0.25) is 0 Å². The Morgan fingerprint density at radius 1 is 1.47 bits per heavy atom. The molecule has 0 atom stereocenters. The minimum absolute atomic E-state index is 0.354. The molecule has 1 N–H and O–H groups in total. The van der Waals surface area contributed by atoms with Crippen LogP contribution in [0, 0.1) is 0 Å². The van der Waals surface area contributed by atoms with Crippen LogP contribution < -0.4 is 0 Å². The largest absolute Gasteiger partial charge is 0.465 e. The van der Waals surface area contributed by atoms with E-state index >= 15 is 0 Å². The molecule has 1 heterocycles. The lowest BCUT2D eigenvalue weighted by Crippen LogP contribution is -2.10. The van der Waals surface area contributed by atoms with Crippen LogP contribution in [0.15, 0.2) is 24.5 Å². The van der Waals surface area contributed by atoms with Gasteiger partial charge in [-0.25, -0.2) is 4.79 Å². The number of pyridine rings is 1. The van der Waals surface area contributed by atoms with E-state index in [0.29, 0.717) is 5.56 Å². The molecular weight excluding hydrogens is 194 g/mol. The maximum Gasteiger partial charge on any atom is 0.339 e. The van der Waals surface area contributed by atoms with Crippen molar-refractivity contribution in [2.24, 2.45) is 0 Å². The van der Waals surface area contributed by atoms with E-state index in [9.17, 15) is 4.79 Å². The van der Waals surface area contributed by atoms with Crippen LogP contribution in [0.1, 0.15) is 31.1 Å². The number of carbonyl (C=O) groups excluding carboxylic acids is 1. The Morgan fingerprint density at radius 3 is 2.33 bits per heavy atom. The second-order valence-corrected chi connectivity index (χ2v) is 3.90. The number of aromatic nitrogens is 1. The van der Waals surface area contributed by atoms with E-state index in [0.717, 1.165) is 0 Å². The highest BCUT2D eigenvalue weighted by atomic mass is 16.5. The summed E-state index contributed by atoms with van der Waals surface area (Å²) < 4.78 is 4.46. The molecule has 0 saturated carbocycles. The number of rotatable bonds is 1. The molecule has 0 aliphatic carbocycles. The van der Waals surface area contributed by atoms with Gasteiger partial charge in [-0.1, -0.05) is 0 Å². The number of aliphatic hydroxyl groups is 1. The van der Waals surface area contributed by atoms with E-state index in [1.807, 2.05) is 0 Å². The van der Waals surface area contributed by atoms with Gasteiger partial charge in [0.2, 0.25) is 0 Å². The standard InChI is InChI=1S/C7H7NO2.C4H10O/c1-10-7(9)6-3-2-4-8-5-6;1-4(2,3)5/h2-5H,1H3;5H,1-3H3. The highest BCUT2D eigenvalue weighted by Gasteiger charge is 2.01. The molecule has 0 spiro atoms. The summed E-state index contributed by atoms with van der Waals surface area (Å²) in [5.41, 5.74) is -0.0231. The summed E-state index contributed by atoms with van der Waals surface area (Å²) in [6.45, 7) is 5.23. The fourth-order valence-electron chi connectivity index (χ4n) is 0.601. The zero-order valence-electron chi connectivity index (χ0n) is 9.52. The number of nitrogens with zero attached hydrogens (tertiary/aromatic N) is 1. The molecule has 4 heteroatoms. The van der Waals surface area contributed by atoms with Gasteiger partial charge in [0.25, 0.3) is 0 Å². The van der Waals surface area contributed by atoms with Gasteiger partial charge >= 0.3 is 5.97 Å². The molecule has 0 unspecified atom stereocenters. The Bertz CT molecular complexity index is 284. The minimum Gasteiger partial charge on any atom is -0.465 e. The van der Waals surface area contributed by atoms with Crippen molar-refractivity contribution in [2.75, 3.05) is 7.11 Å². The first kappa shape index (κ1) is 13.6. The summed E-state index contributed by atoms with van der Waals surface area (Å²) in [5, 5.41) is 8.52. The fraction of sp³-hybridized carbons (Fsp3) is 0.455. The van der Waals surface area contributed by atoms with Crippen molar-refractivity contribution in [1.82, 2.24) is 4.98 Å². The molecule has 84 valence electrons. The van der Waals surface area contributed by atoms with Crippen molar-refractivity contribution in [2.45, 2.75) is 26.4 Å². The second-order valence-electron chi connectivity index (χ2n) is 3.90. The van der Waals surface area contributed by atoms with Crippen LogP contribution in [-0.4, -0.2) is 28.8 Å². The molecule has 0 fully saturated rings. The number of methoxy groups -OCH3 is 1. The lowest BCUT2D eigenvalue weighted by Gasteiger charge is -2.04. The molecule has 0 radical (unpaired) electrons. The molecule has 0 amide bonds. The number of hydrogen-bond acceptors (Lipinski definition) is 4. The molecule has 0 saturated heterocycles. The highest BCUT2D eigenvalue weighted by Crippen LogP contribution is 1.96. The van der Waals surface area contributed by atoms with Gasteiger partial charge in [0, 0.05) is 12.4 Å². The zero-order chi connectivity index (χ0) is 11.9. The molecule has 0 aliphatic heterocycles. The first-order valence-corrected chi connectivity index (χ1v) is 4.55. The van der Waals surface area contributed by atoms with Crippen molar-refractivity contribution in [3.63, 3.8) is 0 Å². The Morgan fingerprint density at radius 2 is 2.00 bits per heavy atom. The smallest absolute Gasteiger partial charge is 0.339 e. The van der Waals surface area contributed by atoms with Gasteiger partial charge in [-0.15, -0.1) is 0 Å². The highest BCUT2D eigenvalue weighted by molar-refractivity contribution is 5.88. The normalized spacial score (nSPS) is 9.93. The number of esters is 1. The van der Waals surface area contributed by atoms with Gasteiger partial charge < -0.3 is 9.84 Å². The first-order chi connectivity index (χ1) is 6.84. The van der Waals surface area contributed by atoms with Crippen molar-refractivity contribution in [3.05, 3.63) is 30.1 Å². The van der Waals surface area contributed by atoms with Gasteiger partial charge in [0.05, 0.1) is 18.3 Å². The predicted octanol–water partition coefficient (Wildman–Crippen LogP) is 1.65. The maximum atomic E-state index is 10.8. The summed E-state index contributed by atoms with van der Waals surface area (Å²) >= 11 is 0. The van der Waals surface area contributed by atoms with Gasteiger partial charge in [-0.3, -0.25) is 4.98 Å². The monoisotopic (exact) mass is 211 g/mol. The van der Waals surface area contributed by atoms with Crippen LogP contribution in [0.25, 0.3) is 0 Å². The van der Waals surface area contributed by atoms with Crippen molar-refractivity contribution >= 4 is 5.97 Å². The third-order valence-corrected chi connectivity index (χ3v) is 1.08. The molecule has 0 aliphatic rings. The van der Waals surface area contributed by atoms with E-state index in [2.05, 4.69) is 9.72 Å². The average molecular weight is 211 g/mol. The summed E-state index contributed by atoms with van der Waals surface area (Å²) in [6.07, 6.45) is 3.07. The molecule has 1 rings (SSSR count). The molecule has 1 aromatic rings. The van der Waals surface area contributed by atoms with Crippen LogP contribution in [0.3, 0.4) is 0 Å². The molecule has 0 aromatic carbocycles. The maximum absolute atomic E-state index is 10.8. The van der Waals surface area contributed by atoms with Crippen molar-refractivity contribution in [3.8, 4) is 0 Å². The zero-order valence-corrected chi connectivity index (χ0v) is 9.52. The second kappa shape index (κ2) is 6.14. The van der Waals surface area contributed by atoms with E-state index < -0.39 is 5.60 Å². The lowest BCUT2D eigenvalue weighted by atomic mass is 10.2. The Hall–Kier alpha value is -1.42. The number of carbonyl (C=O) groups is 1. The van der Waals surface area contributed by atoms with Gasteiger partial charge in [-0.05, 0) is 32.9 Å². The Labute approximate surface area is 89.9 Å². The fourth-order valence-corrected chi connectivity index (χ4v) is 0.601. The van der Waals surface area contributed by atoms with E-state index in [1.165, 1.54) is 13.3 Å². The van der Waals surface area contributed by atoms with E-state index in [4.69, 9.17) is 5.11 Å². The predicted molar refractivity (Wildman–Crippen MR) is 57.5 cm³/mol. The van der Waals surface area contributed by atoms with Crippen LogP contribution in [0.4, 0.5) is 0 Å². The molecule has 0 bridgehead atoms. The molecule has 4 nitrogen and oxygen atoms in total. The number of hydrogen-bond donors (Lipinski definition) is 1. The van der Waals surface area contributed by atoms with E-state index in [1.54, 1.807) is 39.1 Å². The third kappa shape index (κ3) is 8.90. The average Bonchev–Trinajstić information content (AvgIpc) is 2.15. The quantitative estimate of drug-likeness (QED) is 0.717. The van der Waals surface area contributed by atoms with Crippen molar-refractivity contribution in [1.29, 1.82) is 0 Å². The summed E-state index contributed by atoms with van der Waals surface area (Å²) in [5.74, 6) is -0.354. The van der Waals surface area contributed by atoms with Crippen molar-refractivity contribution < 1.29 is 14.6 Å². The van der Waals surface area contributed by atoms with Crippen LogP contribution in [0.5, 0.6) is 0 Å². The summed E-state index contributed by atoms with van der Waals surface area (Å²) in [6, 6.07) is 3.34. The summed E-state index contributed by atoms with van der Waals surface area (Å²) in [7, 11) is 1.34. The van der Waals surface area contributed by atoms with Gasteiger partial charge in [-0.2, -0.15) is 0 Å². The van der Waals surface area contributed by atoms with Crippen LogP contribution in [-0.2, 0) is 4.74 Å². The Balaban J connectivity index is 0.000000336. The SMILES string of the molecule is CC(C)(C)O.COC(=O)c1cccnc1. The summed E-state index contributed by atoms with van der Waals surface area (Å²) in [4.78, 5) is 14.5. The van der Waals surface area contributed by atoms with Gasteiger partial charge in [0.15, 0.2) is 0 Å². The Kier molecular flexibility index (Phi) is 5.56. The minimum atomic E-state index is -0.500. The molecular formula is C11H17NO3. The third-order valence-electron chi connectivity index (χ3n) is 1.08. The van der Waals surface area contributed by atoms with E-state index in [-0.39, 0.29) is 5.97 Å². The van der Waals surface area contributed by atoms with Crippen LogP contribution >= 0.6 is 0 Å². The molecule has 15 heavy (non-hydrogen) atoms. The van der Waals surface area contributed by atoms with Gasteiger partial charge in [0.1, 0.15) is 0 Å². The topological polar surface area (TPSA) is 59.4 Å².